The van der Waals surface area contributed by atoms with E-state index in [1.807, 2.05) is 24.3 Å². The van der Waals surface area contributed by atoms with Crippen molar-refractivity contribution in [2.75, 3.05) is 0 Å². The molecule has 4 heteroatoms. The van der Waals surface area contributed by atoms with Crippen molar-refractivity contribution in [3.05, 3.63) is 68.5 Å². The Morgan fingerprint density at radius 1 is 1.20 bits per heavy atom. The molecular formula is C16H12BrClOS. The van der Waals surface area contributed by atoms with Gasteiger partial charge in [0.05, 0.1) is 6.10 Å². The summed E-state index contributed by atoms with van der Waals surface area (Å²) in [5.74, 6) is 0. The number of hydrogen-bond acceptors (Lipinski definition) is 2. The molecule has 1 atom stereocenters. The Bertz CT molecular complexity index is 753. The van der Waals surface area contributed by atoms with Crippen LogP contribution in [0.5, 0.6) is 0 Å². The molecule has 3 aromatic rings. The van der Waals surface area contributed by atoms with E-state index in [0.29, 0.717) is 11.4 Å². The third-order valence-electron chi connectivity index (χ3n) is 3.30. The molecular weight excluding hydrogens is 356 g/mol. The Balaban J connectivity index is 1.90. The summed E-state index contributed by atoms with van der Waals surface area (Å²) in [5, 5.41) is 14.5. The van der Waals surface area contributed by atoms with Crippen LogP contribution in [0, 0.1) is 0 Å². The first-order chi connectivity index (χ1) is 9.65. The van der Waals surface area contributed by atoms with E-state index in [1.165, 1.54) is 15.6 Å². The van der Waals surface area contributed by atoms with Crippen molar-refractivity contribution >= 4 is 49.0 Å². The smallest absolute Gasteiger partial charge is 0.0841 e. The van der Waals surface area contributed by atoms with Gasteiger partial charge in [-0.2, -0.15) is 0 Å². The highest BCUT2D eigenvalue weighted by Crippen LogP contribution is 2.32. The minimum atomic E-state index is -0.542. The van der Waals surface area contributed by atoms with Crippen molar-refractivity contribution in [3.63, 3.8) is 0 Å². The zero-order valence-electron chi connectivity index (χ0n) is 10.5. The second kappa shape index (κ2) is 5.86. The highest BCUT2D eigenvalue weighted by molar-refractivity contribution is 9.10. The molecule has 0 bridgehead atoms. The highest BCUT2D eigenvalue weighted by atomic mass is 79.9. The molecule has 1 N–H and O–H groups in total. The molecule has 3 rings (SSSR count). The van der Waals surface area contributed by atoms with Crippen molar-refractivity contribution in [1.82, 2.24) is 0 Å². The molecule has 0 aliphatic rings. The van der Waals surface area contributed by atoms with Gasteiger partial charge in [0.1, 0.15) is 0 Å². The first kappa shape index (κ1) is 14.1. The predicted octanol–water partition coefficient (Wildman–Crippen LogP) is 5.59. The summed E-state index contributed by atoms with van der Waals surface area (Å²) in [5.41, 5.74) is 2.05. The van der Waals surface area contributed by atoms with Gasteiger partial charge in [-0.1, -0.05) is 51.8 Å². The van der Waals surface area contributed by atoms with E-state index in [0.717, 1.165) is 10.0 Å². The second-order valence-corrected chi connectivity index (χ2v) is 6.84. The number of aliphatic hydroxyl groups is 1. The van der Waals surface area contributed by atoms with Crippen LogP contribution in [0.1, 0.15) is 17.2 Å². The Hall–Kier alpha value is -0.870. The van der Waals surface area contributed by atoms with E-state index >= 15 is 0 Å². The molecule has 2 aromatic carbocycles. The first-order valence-electron chi connectivity index (χ1n) is 6.23. The van der Waals surface area contributed by atoms with Crippen molar-refractivity contribution < 1.29 is 5.11 Å². The average molecular weight is 368 g/mol. The van der Waals surface area contributed by atoms with Crippen LogP contribution < -0.4 is 0 Å². The normalized spacial score (nSPS) is 12.8. The summed E-state index contributed by atoms with van der Waals surface area (Å²) in [6.07, 6.45) is 0.0594. The standard InChI is InChI=1S/C16H12BrClOS/c17-14-8-11(18)5-6-13(14)15(19)7-10-9-20-16-4-2-1-3-12(10)16/h1-6,8-9,15,19H,7H2. The lowest BCUT2D eigenvalue weighted by Crippen LogP contribution is -2.02. The molecule has 0 aliphatic carbocycles. The number of fused-ring (bicyclic) bond motifs is 1. The number of aliphatic hydroxyl groups excluding tert-OH is 1. The molecule has 1 nitrogen and oxygen atoms in total. The molecule has 1 aromatic heterocycles. The molecule has 0 fully saturated rings. The van der Waals surface area contributed by atoms with Crippen LogP contribution in [-0.2, 0) is 6.42 Å². The summed E-state index contributed by atoms with van der Waals surface area (Å²) in [6.45, 7) is 0. The van der Waals surface area contributed by atoms with Gasteiger partial charge in [-0.25, -0.2) is 0 Å². The number of rotatable bonds is 3. The first-order valence-corrected chi connectivity index (χ1v) is 8.28. The lowest BCUT2D eigenvalue weighted by Gasteiger charge is -2.13. The fourth-order valence-electron chi connectivity index (χ4n) is 2.28. The van der Waals surface area contributed by atoms with Crippen molar-refractivity contribution in [3.8, 4) is 0 Å². The van der Waals surface area contributed by atoms with E-state index in [-0.39, 0.29) is 0 Å². The molecule has 102 valence electrons. The molecule has 0 radical (unpaired) electrons. The second-order valence-electron chi connectivity index (χ2n) is 4.64. The van der Waals surface area contributed by atoms with Gasteiger partial charge in [-0.05, 0) is 40.1 Å². The minimum Gasteiger partial charge on any atom is -0.388 e. The molecule has 0 amide bonds. The number of hydrogen-bond donors (Lipinski definition) is 1. The van der Waals surface area contributed by atoms with E-state index in [2.05, 4.69) is 33.4 Å². The monoisotopic (exact) mass is 366 g/mol. The summed E-state index contributed by atoms with van der Waals surface area (Å²) in [4.78, 5) is 0. The molecule has 1 heterocycles. The summed E-state index contributed by atoms with van der Waals surface area (Å²) < 4.78 is 2.10. The lowest BCUT2D eigenvalue weighted by molar-refractivity contribution is 0.178. The van der Waals surface area contributed by atoms with Crippen LogP contribution in [0.2, 0.25) is 5.02 Å². The zero-order valence-corrected chi connectivity index (χ0v) is 13.7. The molecule has 0 aliphatic heterocycles. The SMILES string of the molecule is OC(Cc1csc2ccccc12)c1ccc(Cl)cc1Br. The van der Waals surface area contributed by atoms with Crippen LogP contribution in [0.4, 0.5) is 0 Å². The van der Waals surface area contributed by atoms with E-state index in [4.69, 9.17) is 11.6 Å². The van der Waals surface area contributed by atoms with Crippen molar-refractivity contribution in [1.29, 1.82) is 0 Å². The number of benzene rings is 2. The number of halogens is 2. The minimum absolute atomic E-state index is 0.542. The van der Waals surface area contributed by atoms with Gasteiger partial charge in [0.15, 0.2) is 0 Å². The van der Waals surface area contributed by atoms with Gasteiger partial charge in [0.2, 0.25) is 0 Å². The molecule has 0 saturated heterocycles. The third kappa shape index (κ3) is 2.77. The maximum Gasteiger partial charge on any atom is 0.0841 e. The van der Waals surface area contributed by atoms with Crippen molar-refractivity contribution in [2.24, 2.45) is 0 Å². The number of thiophene rings is 1. The van der Waals surface area contributed by atoms with Crippen LogP contribution in [-0.4, -0.2) is 5.11 Å². The van der Waals surface area contributed by atoms with E-state index < -0.39 is 6.10 Å². The Kier molecular flexibility index (Phi) is 4.13. The van der Waals surface area contributed by atoms with Gasteiger partial charge in [-0.15, -0.1) is 11.3 Å². The van der Waals surface area contributed by atoms with Gasteiger partial charge in [-0.3, -0.25) is 0 Å². The van der Waals surface area contributed by atoms with Gasteiger partial charge < -0.3 is 5.11 Å². The molecule has 1 unspecified atom stereocenters. The Morgan fingerprint density at radius 2 is 2.00 bits per heavy atom. The average Bonchev–Trinajstić information content (AvgIpc) is 2.82. The fraction of sp³-hybridized carbons (Fsp3) is 0.125. The van der Waals surface area contributed by atoms with E-state index in [1.54, 1.807) is 17.4 Å². The van der Waals surface area contributed by atoms with Gasteiger partial charge in [0, 0.05) is 20.6 Å². The van der Waals surface area contributed by atoms with Crippen LogP contribution in [0.15, 0.2) is 52.3 Å². The van der Waals surface area contributed by atoms with Gasteiger partial charge >= 0.3 is 0 Å². The Labute approximate surface area is 135 Å². The Morgan fingerprint density at radius 3 is 2.80 bits per heavy atom. The molecule has 20 heavy (non-hydrogen) atoms. The molecule has 0 saturated carbocycles. The zero-order chi connectivity index (χ0) is 14.1. The van der Waals surface area contributed by atoms with E-state index in [9.17, 15) is 5.11 Å². The quantitative estimate of drug-likeness (QED) is 0.639. The maximum absolute atomic E-state index is 10.5. The predicted molar refractivity (Wildman–Crippen MR) is 89.6 cm³/mol. The third-order valence-corrected chi connectivity index (χ3v) is 5.23. The largest absolute Gasteiger partial charge is 0.388 e. The van der Waals surface area contributed by atoms with Gasteiger partial charge in [0.25, 0.3) is 0 Å². The molecule has 0 spiro atoms. The highest BCUT2D eigenvalue weighted by Gasteiger charge is 2.14. The van der Waals surface area contributed by atoms with Crippen LogP contribution in [0.3, 0.4) is 0 Å². The van der Waals surface area contributed by atoms with Crippen LogP contribution in [0.25, 0.3) is 10.1 Å². The topological polar surface area (TPSA) is 20.2 Å². The van der Waals surface area contributed by atoms with Crippen LogP contribution >= 0.6 is 38.9 Å². The maximum atomic E-state index is 10.5. The van der Waals surface area contributed by atoms with Crippen molar-refractivity contribution in [2.45, 2.75) is 12.5 Å². The fourth-order valence-corrected chi connectivity index (χ4v) is 4.20. The summed E-state index contributed by atoms with van der Waals surface area (Å²) in [6, 6.07) is 13.8. The summed E-state index contributed by atoms with van der Waals surface area (Å²) >= 11 is 11.1. The summed E-state index contributed by atoms with van der Waals surface area (Å²) in [7, 11) is 0. The lowest BCUT2D eigenvalue weighted by atomic mass is 10.0.